The van der Waals surface area contributed by atoms with Gasteiger partial charge in [-0.1, -0.05) is 0 Å². The summed E-state index contributed by atoms with van der Waals surface area (Å²) < 4.78 is 0. The molecule has 3 unspecified atom stereocenters. The van der Waals surface area contributed by atoms with E-state index in [9.17, 15) is 0 Å². The van der Waals surface area contributed by atoms with E-state index in [2.05, 4.69) is 11.0 Å². The lowest BCUT2D eigenvalue weighted by Crippen LogP contribution is -2.49. The van der Waals surface area contributed by atoms with Gasteiger partial charge in [-0.3, -0.25) is 0 Å². The SMILES string of the molecule is N#CC1(N)CN2CCC1C2. The van der Waals surface area contributed by atoms with Gasteiger partial charge in [0.1, 0.15) is 5.54 Å². The van der Waals surface area contributed by atoms with Crippen LogP contribution < -0.4 is 5.73 Å². The summed E-state index contributed by atoms with van der Waals surface area (Å²) in [6, 6.07) is 2.21. The fraction of sp³-hybridized carbons (Fsp3) is 0.857. The van der Waals surface area contributed by atoms with Crippen LogP contribution in [0.1, 0.15) is 6.42 Å². The van der Waals surface area contributed by atoms with Crippen LogP contribution in [0.4, 0.5) is 0 Å². The van der Waals surface area contributed by atoms with Crippen molar-refractivity contribution in [2.75, 3.05) is 19.6 Å². The molecule has 0 aromatic rings. The van der Waals surface area contributed by atoms with Crippen LogP contribution in [0, 0.1) is 17.2 Å². The topological polar surface area (TPSA) is 53.1 Å². The molecule has 0 aromatic carbocycles. The van der Waals surface area contributed by atoms with E-state index in [-0.39, 0.29) is 0 Å². The second-order valence-corrected chi connectivity index (χ2v) is 3.37. The third-order valence-corrected chi connectivity index (χ3v) is 2.69. The molecule has 2 bridgehead atoms. The number of piperidine rings is 1. The lowest BCUT2D eigenvalue weighted by atomic mass is 9.87. The molecule has 2 saturated heterocycles. The van der Waals surface area contributed by atoms with Crippen molar-refractivity contribution >= 4 is 0 Å². The Balaban J connectivity index is 2.24. The van der Waals surface area contributed by atoms with E-state index < -0.39 is 5.54 Å². The Hall–Kier alpha value is -0.590. The van der Waals surface area contributed by atoms with Crippen molar-refractivity contribution in [3.8, 4) is 6.07 Å². The second-order valence-electron chi connectivity index (χ2n) is 3.37. The summed E-state index contributed by atoms with van der Waals surface area (Å²) in [5.74, 6) is 0.442. The minimum absolute atomic E-state index is 0.442. The van der Waals surface area contributed by atoms with Gasteiger partial charge in [0.05, 0.1) is 6.07 Å². The molecule has 0 spiro atoms. The summed E-state index contributed by atoms with van der Waals surface area (Å²) in [6.07, 6.45) is 1.12. The Morgan fingerprint density at radius 3 is 2.80 bits per heavy atom. The number of hydrogen-bond donors (Lipinski definition) is 1. The minimum Gasteiger partial charge on any atom is -0.312 e. The highest BCUT2D eigenvalue weighted by atomic mass is 15.2. The molecule has 2 rings (SSSR count). The normalized spacial score (nSPS) is 51.2. The molecule has 2 aliphatic rings. The largest absolute Gasteiger partial charge is 0.312 e. The fourth-order valence-corrected chi connectivity index (χ4v) is 2.02. The standard InChI is InChI=1S/C7H11N3/c8-4-7(9)5-10-2-1-6(7)3-10/h6H,1-3,5,9H2. The average Bonchev–Trinajstić information content (AvgIpc) is 2.46. The summed E-state index contributed by atoms with van der Waals surface area (Å²) in [6.45, 7) is 2.98. The quantitative estimate of drug-likeness (QED) is 0.491. The molecule has 54 valence electrons. The van der Waals surface area contributed by atoms with E-state index in [0.29, 0.717) is 5.92 Å². The average molecular weight is 137 g/mol. The van der Waals surface area contributed by atoms with E-state index in [0.717, 1.165) is 26.1 Å². The van der Waals surface area contributed by atoms with Crippen molar-refractivity contribution in [2.24, 2.45) is 11.7 Å². The Kier molecular flexibility index (Phi) is 1.05. The maximum atomic E-state index is 8.75. The summed E-state index contributed by atoms with van der Waals surface area (Å²) >= 11 is 0. The van der Waals surface area contributed by atoms with Gasteiger partial charge in [-0.25, -0.2) is 0 Å². The van der Waals surface area contributed by atoms with Gasteiger partial charge < -0.3 is 10.6 Å². The summed E-state index contributed by atoms with van der Waals surface area (Å²) in [4.78, 5) is 2.27. The summed E-state index contributed by atoms with van der Waals surface area (Å²) in [5.41, 5.74) is 5.33. The van der Waals surface area contributed by atoms with Gasteiger partial charge in [-0.05, 0) is 13.0 Å². The Labute approximate surface area is 60.4 Å². The van der Waals surface area contributed by atoms with Gasteiger partial charge in [0.25, 0.3) is 0 Å². The van der Waals surface area contributed by atoms with Crippen molar-refractivity contribution in [2.45, 2.75) is 12.0 Å². The molecule has 3 heteroatoms. The molecule has 2 fully saturated rings. The Morgan fingerprint density at radius 1 is 1.70 bits per heavy atom. The zero-order chi connectivity index (χ0) is 7.19. The van der Waals surface area contributed by atoms with Crippen LogP contribution in [0.2, 0.25) is 0 Å². The molecule has 0 amide bonds. The Morgan fingerprint density at radius 2 is 2.50 bits per heavy atom. The lowest BCUT2D eigenvalue weighted by Gasteiger charge is -2.25. The second kappa shape index (κ2) is 1.71. The molecule has 2 N–H and O–H groups in total. The smallest absolute Gasteiger partial charge is 0.121 e. The number of hydrogen-bond acceptors (Lipinski definition) is 3. The predicted molar refractivity (Wildman–Crippen MR) is 37.1 cm³/mol. The van der Waals surface area contributed by atoms with Crippen molar-refractivity contribution in [3.63, 3.8) is 0 Å². The van der Waals surface area contributed by atoms with Crippen molar-refractivity contribution in [1.29, 1.82) is 5.26 Å². The van der Waals surface area contributed by atoms with Crippen molar-refractivity contribution in [1.82, 2.24) is 4.90 Å². The third kappa shape index (κ3) is 0.606. The van der Waals surface area contributed by atoms with Crippen molar-refractivity contribution < 1.29 is 0 Å². The molecule has 3 atom stereocenters. The van der Waals surface area contributed by atoms with Crippen LogP contribution in [0.25, 0.3) is 0 Å². The van der Waals surface area contributed by atoms with E-state index in [1.165, 1.54) is 0 Å². The highest BCUT2D eigenvalue weighted by Crippen LogP contribution is 2.33. The number of nitriles is 1. The number of fused-ring (bicyclic) bond motifs is 2. The molecule has 0 aliphatic carbocycles. The number of rotatable bonds is 0. The first-order valence-electron chi connectivity index (χ1n) is 3.67. The van der Waals surface area contributed by atoms with Crippen molar-refractivity contribution in [3.05, 3.63) is 0 Å². The number of nitrogens with zero attached hydrogens (tertiary/aromatic N) is 2. The van der Waals surface area contributed by atoms with Crippen LogP contribution in [0.15, 0.2) is 0 Å². The van der Waals surface area contributed by atoms with Crippen LogP contribution in [0.3, 0.4) is 0 Å². The van der Waals surface area contributed by atoms with Crippen LogP contribution in [-0.4, -0.2) is 30.1 Å². The molecule has 2 aliphatic heterocycles. The molecule has 0 radical (unpaired) electrons. The molecule has 0 aromatic heterocycles. The first-order valence-corrected chi connectivity index (χ1v) is 3.67. The minimum atomic E-state index is -0.516. The third-order valence-electron chi connectivity index (χ3n) is 2.69. The Bertz CT molecular complexity index is 196. The summed E-state index contributed by atoms with van der Waals surface area (Å²) in [5, 5.41) is 8.75. The van der Waals surface area contributed by atoms with Crippen LogP contribution >= 0.6 is 0 Å². The molecule has 3 nitrogen and oxygen atoms in total. The lowest BCUT2D eigenvalue weighted by molar-refractivity contribution is 0.307. The van der Waals surface area contributed by atoms with Gasteiger partial charge in [0, 0.05) is 19.0 Å². The van der Waals surface area contributed by atoms with E-state index >= 15 is 0 Å². The fourth-order valence-electron chi connectivity index (χ4n) is 2.02. The van der Waals surface area contributed by atoms with Gasteiger partial charge in [-0.2, -0.15) is 5.26 Å². The maximum absolute atomic E-state index is 8.75. The van der Waals surface area contributed by atoms with Gasteiger partial charge in [0.2, 0.25) is 0 Å². The highest BCUT2D eigenvalue weighted by Gasteiger charge is 2.47. The predicted octanol–water partition coefficient (Wildman–Crippen LogP) is -0.457. The summed E-state index contributed by atoms with van der Waals surface area (Å²) in [7, 11) is 0. The molecular weight excluding hydrogens is 126 g/mol. The van der Waals surface area contributed by atoms with Gasteiger partial charge in [0.15, 0.2) is 0 Å². The molecular formula is C7H11N3. The molecule has 2 heterocycles. The van der Waals surface area contributed by atoms with E-state index in [4.69, 9.17) is 11.0 Å². The zero-order valence-electron chi connectivity index (χ0n) is 5.88. The number of nitrogens with two attached hydrogens (primary N) is 1. The van der Waals surface area contributed by atoms with Crippen LogP contribution in [-0.2, 0) is 0 Å². The maximum Gasteiger partial charge on any atom is 0.121 e. The van der Waals surface area contributed by atoms with Crippen LogP contribution in [0.5, 0.6) is 0 Å². The van der Waals surface area contributed by atoms with Gasteiger partial charge in [-0.15, -0.1) is 0 Å². The van der Waals surface area contributed by atoms with E-state index in [1.807, 2.05) is 0 Å². The first-order chi connectivity index (χ1) is 4.74. The molecule has 0 saturated carbocycles. The molecule has 10 heavy (non-hydrogen) atoms. The highest BCUT2D eigenvalue weighted by molar-refractivity contribution is 5.17. The monoisotopic (exact) mass is 137 g/mol. The first kappa shape index (κ1) is 6.14. The van der Waals surface area contributed by atoms with Gasteiger partial charge >= 0.3 is 0 Å². The zero-order valence-corrected chi connectivity index (χ0v) is 5.88. The van der Waals surface area contributed by atoms with E-state index in [1.54, 1.807) is 0 Å².